The number of aromatic nitrogens is 3. The molecule has 2 heterocycles. The molecule has 0 amide bonds. The number of rotatable bonds is 5. The van der Waals surface area contributed by atoms with Crippen LogP contribution in [0, 0.1) is 0 Å². The second kappa shape index (κ2) is 7.40. The van der Waals surface area contributed by atoms with Crippen LogP contribution < -0.4 is 14.7 Å². The summed E-state index contributed by atoms with van der Waals surface area (Å²) in [4.78, 5) is 20.7. The largest absolute Gasteiger partial charge is 0.506 e. The fourth-order valence-corrected chi connectivity index (χ4v) is 3.45. The third kappa shape index (κ3) is 3.95. The summed E-state index contributed by atoms with van der Waals surface area (Å²) in [6.07, 6.45) is 0. The quantitative estimate of drug-likeness (QED) is 0.724. The highest BCUT2D eigenvalue weighted by atomic mass is 32.1. The van der Waals surface area contributed by atoms with Crippen molar-refractivity contribution in [2.24, 2.45) is 0 Å². The molecule has 0 aliphatic heterocycles. The second-order valence-corrected chi connectivity index (χ2v) is 7.87. The molecule has 1 aromatic carbocycles. The molecule has 3 aromatic rings. The van der Waals surface area contributed by atoms with Crippen LogP contribution in [0.15, 0.2) is 30.3 Å². The monoisotopic (exact) mass is 384 g/mol. The molecule has 0 bridgehead atoms. The minimum absolute atomic E-state index is 0.173. The lowest BCUT2D eigenvalue weighted by Gasteiger charge is -2.15. The van der Waals surface area contributed by atoms with Gasteiger partial charge in [-0.1, -0.05) is 12.1 Å². The predicted molar refractivity (Wildman–Crippen MR) is 113 cm³/mol. The second-order valence-electron chi connectivity index (χ2n) is 6.81. The molecular weight excluding hydrogens is 360 g/mol. The minimum atomic E-state index is 0.173. The molecule has 0 saturated carbocycles. The molecule has 142 valence electrons. The Labute approximate surface area is 163 Å². The number of thiophene rings is 1. The van der Waals surface area contributed by atoms with Gasteiger partial charge in [0.05, 0.1) is 0 Å². The predicted octanol–water partition coefficient (Wildman–Crippen LogP) is 3.17. The van der Waals surface area contributed by atoms with Crippen LogP contribution in [0.5, 0.6) is 5.75 Å². The summed E-state index contributed by atoms with van der Waals surface area (Å²) in [6.45, 7) is 0. The van der Waals surface area contributed by atoms with Crippen molar-refractivity contribution in [3.8, 4) is 26.9 Å². The summed E-state index contributed by atoms with van der Waals surface area (Å²) in [5.41, 5.74) is 2.17. The lowest BCUT2D eigenvalue weighted by molar-refractivity contribution is 0.479. The van der Waals surface area contributed by atoms with Gasteiger partial charge in [-0.15, -0.1) is 11.3 Å². The summed E-state index contributed by atoms with van der Waals surface area (Å²) < 4.78 is 0. The zero-order valence-electron chi connectivity index (χ0n) is 16.4. The average molecular weight is 385 g/mol. The average Bonchev–Trinajstić information content (AvgIpc) is 3.03. The highest BCUT2D eigenvalue weighted by molar-refractivity contribution is 7.19. The number of aromatic hydroxyl groups is 1. The van der Waals surface area contributed by atoms with Gasteiger partial charge in [-0.25, -0.2) is 0 Å². The SMILES string of the molecule is CN(C)c1ccc(-c2cc(O)c(-c3nc(N(C)C)nc(N(C)C)n3)s2)cc1. The molecule has 0 radical (unpaired) electrons. The molecule has 0 aliphatic rings. The van der Waals surface area contributed by atoms with Gasteiger partial charge in [0.15, 0.2) is 5.82 Å². The van der Waals surface area contributed by atoms with Crippen LogP contribution in [0.1, 0.15) is 0 Å². The van der Waals surface area contributed by atoms with Crippen LogP contribution in [-0.2, 0) is 0 Å². The first-order valence-corrected chi connectivity index (χ1v) is 9.29. The van der Waals surface area contributed by atoms with Crippen molar-refractivity contribution < 1.29 is 5.11 Å². The maximum atomic E-state index is 10.5. The van der Waals surface area contributed by atoms with E-state index in [0.717, 1.165) is 16.1 Å². The number of benzene rings is 1. The lowest BCUT2D eigenvalue weighted by Crippen LogP contribution is -2.19. The lowest BCUT2D eigenvalue weighted by atomic mass is 10.1. The van der Waals surface area contributed by atoms with Crippen molar-refractivity contribution >= 4 is 28.9 Å². The van der Waals surface area contributed by atoms with E-state index in [1.807, 2.05) is 64.2 Å². The van der Waals surface area contributed by atoms with E-state index in [1.54, 1.807) is 6.07 Å². The Morgan fingerprint density at radius 2 is 1.33 bits per heavy atom. The zero-order valence-corrected chi connectivity index (χ0v) is 17.2. The highest BCUT2D eigenvalue weighted by Crippen LogP contribution is 2.41. The molecule has 3 rings (SSSR count). The van der Waals surface area contributed by atoms with Gasteiger partial charge in [0.25, 0.3) is 0 Å². The van der Waals surface area contributed by atoms with Gasteiger partial charge < -0.3 is 19.8 Å². The third-order valence-corrected chi connectivity index (χ3v) is 5.16. The molecule has 1 N–H and O–H groups in total. The molecule has 7 nitrogen and oxygen atoms in total. The summed E-state index contributed by atoms with van der Waals surface area (Å²) in [5, 5.41) is 10.5. The van der Waals surface area contributed by atoms with E-state index in [4.69, 9.17) is 0 Å². The van der Waals surface area contributed by atoms with Crippen molar-refractivity contribution in [2.45, 2.75) is 0 Å². The first-order chi connectivity index (χ1) is 12.8. The summed E-state index contributed by atoms with van der Waals surface area (Å²) in [5.74, 6) is 1.74. The van der Waals surface area contributed by atoms with E-state index in [9.17, 15) is 5.11 Å². The minimum Gasteiger partial charge on any atom is -0.506 e. The van der Waals surface area contributed by atoms with E-state index in [2.05, 4.69) is 32.0 Å². The van der Waals surface area contributed by atoms with Crippen LogP contribution in [0.25, 0.3) is 21.1 Å². The van der Waals surface area contributed by atoms with Gasteiger partial charge in [-0.3, -0.25) is 0 Å². The number of hydrogen-bond acceptors (Lipinski definition) is 8. The molecule has 8 heteroatoms. The number of nitrogens with zero attached hydrogens (tertiary/aromatic N) is 6. The van der Waals surface area contributed by atoms with Gasteiger partial charge in [-0.2, -0.15) is 15.0 Å². The third-order valence-electron chi connectivity index (χ3n) is 4.00. The Morgan fingerprint density at radius 3 is 1.81 bits per heavy atom. The maximum absolute atomic E-state index is 10.5. The molecule has 0 aliphatic carbocycles. The van der Waals surface area contributed by atoms with E-state index < -0.39 is 0 Å². The zero-order chi connectivity index (χ0) is 19.7. The van der Waals surface area contributed by atoms with Crippen molar-refractivity contribution in [2.75, 3.05) is 57.0 Å². The van der Waals surface area contributed by atoms with Crippen LogP contribution in [-0.4, -0.2) is 62.3 Å². The molecule has 0 saturated heterocycles. The van der Waals surface area contributed by atoms with Gasteiger partial charge in [-0.05, 0) is 23.8 Å². The Kier molecular flexibility index (Phi) is 5.18. The normalized spacial score (nSPS) is 10.7. The number of hydrogen-bond donors (Lipinski definition) is 1. The summed E-state index contributed by atoms with van der Waals surface area (Å²) >= 11 is 1.47. The van der Waals surface area contributed by atoms with Gasteiger partial charge in [0.2, 0.25) is 11.9 Å². The van der Waals surface area contributed by atoms with E-state index in [-0.39, 0.29) is 5.75 Å². The Hall–Kier alpha value is -2.87. The molecule has 27 heavy (non-hydrogen) atoms. The van der Waals surface area contributed by atoms with Crippen LogP contribution in [0.2, 0.25) is 0 Å². The standard InChI is InChI=1S/C19H24N6OS/c1-23(2)13-9-7-12(8-10-13)15-11-14(26)16(27-15)17-20-18(24(3)4)22-19(21-17)25(5)6/h7-11,26H,1-6H3. The summed E-state index contributed by atoms with van der Waals surface area (Å²) in [7, 11) is 11.5. The smallest absolute Gasteiger partial charge is 0.230 e. The van der Waals surface area contributed by atoms with E-state index in [0.29, 0.717) is 22.6 Å². The van der Waals surface area contributed by atoms with Gasteiger partial charge >= 0.3 is 0 Å². The molecule has 0 spiro atoms. The molecule has 2 aromatic heterocycles. The molecule has 0 atom stereocenters. The molecule has 0 unspecified atom stereocenters. The molecular formula is C19H24N6OS. The summed E-state index contributed by atoms with van der Waals surface area (Å²) in [6, 6.07) is 9.98. The van der Waals surface area contributed by atoms with Crippen LogP contribution in [0.4, 0.5) is 17.6 Å². The fourth-order valence-electron chi connectivity index (χ4n) is 2.46. The van der Waals surface area contributed by atoms with Gasteiger partial charge in [0, 0.05) is 52.9 Å². The van der Waals surface area contributed by atoms with Crippen LogP contribution in [0.3, 0.4) is 0 Å². The van der Waals surface area contributed by atoms with E-state index >= 15 is 0 Å². The Balaban J connectivity index is 2.04. The van der Waals surface area contributed by atoms with E-state index in [1.165, 1.54) is 11.3 Å². The first kappa shape index (κ1) is 18.9. The topological polar surface area (TPSA) is 68.6 Å². The van der Waals surface area contributed by atoms with Crippen molar-refractivity contribution in [3.05, 3.63) is 30.3 Å². The van der Waals surface area contributed by atoms with Gasteiger partial charge in [0.1, 0.15) is 10.6 Å². The van der Waals surface area contributed by atoms with Crippen LogP contribution >= 0.6 is 11.3 Å². The Morgan fingerprint density at radius 1 is 0.778 bits per heavy atom. The van der Waals surface area contributed by atoms with Crippen molar-refractivity contribution in [3.63, 3.8) is 0 Å². The number of anilines is 3. The first-order valence-electron chi connectivity index (χ1n) is 8.48. The maximum Gasteiger partial charge on any atom is 0.230 e. The highest BCUT2D eigenvalue weighted by Gasteiger charge is 2.18. The molecule has 0 fully saturated rings. The van der Waals surface area contributed by atoms with Crippen molar-refractivity contribution in [1.29, 1.82) is 0 Å². The van der Waals surface area contributed by atoms with Crippen molar-refractivity contribution in [1.82, 2.24) is 15.0 Å². The fraction of sp³-hybridized carbons (Fsp3) is 0.316. The Bertz CT molecular complexity index is 908.